The van der Waals surface area contributed by atoms with Crippen molar-refractivity contribution in [1.82, 2.24) is 9.62 Å². The molecule has 2 rings (SSSR count). The Bertz CT molecular complexity index is 625. The Morgan fingerprint density at radius 2 is 2.18 bits per heavy atom. The van der Waals surface area contributed by atoms with Gasteiger partial charge in [-0.15, -0.1) is 0 Å². The van der Waals surface area contributed by atoms with E-state index in [2.05, 4.69) is 4.72 Å². The van der Waals surface area contributed by atoms with Crippen molar-refractivity contribution in [1.29, 1.82) is 0 Å². The second-order valence-corrected chi connectivity index (χ2v) is 7.44. The molecule has 2 N–H and O–H groups in total. The summed E-state index contributed by atoms with van der Waals surface area (Å²) < 4.78 is 52.8. The first kappa shape index (κ1) is 17.3. The van der Waals surface area contributed by atoms with Crippen LogP contribution in [-0.2, 0) is 10.0 Å². The largest absolute Gasteiger partial charge is 0.387 e. The monoisotopic (exact) mass is 334 g/mol. The SMILES string of the molecule is CCNS(=O)(=O)C1CCN(CC(O)c2ccc(F)cc2F)C1. The molecule has 5 nitrogen and oxygen atoms in total. The van der Waals surface area contributed by atoms with Crippen molar-refractivity contribution in [2.75, 3.05) is 26.2 Å². The Labute approximate surface area is 129 Å². The highest BCUT2D eigenvalue weighted by Crippen LogP contribution is 2.22. The van der Waals surface area contributed by atoms with Crippen LogP contribution in [0.5, 0.6) is 0 Å². The zero-order valence-electron chi connectivity index (χ0n) is 12.3. The summed E-state index contributed by atoms with van der Waals surface area (Å²) in [5.74, 6) is -1.50. The number of nitrogens with one attached hydrogen (secondary N) is 1. The van der Waals surface area contributed by atoms with E-state index in [0.29, 0.717) is 19.5 Å². The van der Waals surface area contributed by atoms with E-state index in [0.717, 1.165) is 12.1 Å². The molecule has 0 aromatic heterocycles. The van der Waals surface area contributed by atoms with Crippen molar-refractivity contribution in [3.63, 3.8) is 0 Å². The Hall–Kier alpha value is -1.09. The molecular weight excluding hydrogens is 314 g/mol. The minimum Gasteiger partial charge on any atom is -0.387 e. The minimum absolute atomic E-state index is 0.0133. The average molecular weight is 334 g/mol. The maximum Gasteiger partial charge on any atom is 0.215 e. The summed E-state index contributed by atoms with van der Waals surface area (Å²) in [7, 11) is -3.35. The van der Waals surface area contributed by atoms with Gasteiger partial charge in [-0.05, 0) is 19.0 Å². The molecule has 1 saturated heterocycles. The zero-order valence-corrected chi connectivity index (χ0v) is 13.1. The molecule has 124 valence electrons. The fraction of sp³-hybridized carbons (Fsp3) is 0.571. The van der Waals surface area contributed by atoms with Crippen LogP contribution < -0.4 is 4.72 Å². The third kappa shape index (κ3) is 4.01. The minimum atomic E-state index is -3.35. The van der Waals surface area contributed by atoms with Gasteiger partial charge in [0.2, 0.25) is 10.0 Å². The molecule has 0 amide bonds. The molecule has 2 atom stereocenters. The molecule has 1 heterocycles. The van der Waals surface area contributed by atoms with Gasteiger partial charge in [-0.3, -0.25) is 4.90 Å². The topological polar surface area (TPSA) is 69.6 Å². The molecule has 1 aromatic rings. The third-order valence-electron chi connectivity index (χ3n) is 3.77. The van der Waals surface area contributed by atoms with E-state index in [1.54, 1.807) is 11.8 Å². The van der Waals surface area contributed by atoms with E-state index < -0.39 is 33.0 Å². The van der Waals surface area contributed by atoms with Gasteiger partial charge < -0.3 is 5.11 Å². The molecule has 0 saturated carbocycles. The van der Waals surface area contributed by atoms with Crippen LogP contribution in [0, 0.1) is 11.6 Å². The number of rotatable bonds is 6. The van der Waals surface area contributed by atoms with Crippen LogP contribution in [0.2, 0.25) is 0 Å². The normalized spacial score (nSPS) is 21.2. The van der Waals surface area contributed by atoms with E-state index >= 15 is 0 Å². The summed E-state index contributed by atoms with van der Waals surface area (Å²) in [6, 6.07) is 3.02. The smallest absolute Gasteiger partial charge is 0.215 e. The predicted octanol–water partition coefficient (Wildman–Crippen LogP) is 1.01. The molecule has 0 aliphatic carbocycles. The van der Waals surface area contributed by atoms with Gasteiger partial charge >= 0.3 is 0 Å². The Balaban J connectivity index is 1.98. The maximum atomic E-state index is 13.6. The molecule has 1 aromatic carbocycles. The predicted molar refractivity (Wildman–Crippen MR) is 78.8 cm³/mol. The number of nitrogens with zero attached hydrogens (tertiary/aromatic N) is 1. The third-order valence-corrected chi connectivity index (χ3v) is 5.72. The zero-order chi connectivity index (χ0) is 16.3. The first-order chi connectivity index (χ1) is 10.3. The van der Waals surface area contributed by atoms with E-state index in [4.69, 9.17) is 0 Å². The summed E-state index contributed by atoms with van der Waals surface area (Å²) in [4.78, 5) is 1.77. The summed E-state index contributed by atoms with van der Waals surface area (Å²) >= 11 is 0. The van der Waals surface area contributed by atoms with Crippen LogP contribution in [-0.4, -0.2) is 49.9 Å². The van der Waals surface area contributed by atoms with Crippen LogP contribution in [0.25, 0.3) is 0 Å². The van der Waals surface area contributed by atoms with Crippen LogP contribution in [0.4, 0.5) is 8.78 Å². The van der Waals surface area contributed by atoms with E-state index in [-0.39, 0.29) is 18.7 Å². The number of β-amino-alcohol motifs (C(OH)–C–C–N with tert-alkyl or cyclic N) is 1. The van der Waals surface area contributed by atoms with E-state index in [1.807, 2.05) is 0 Å². The molecule has 8 heteroatoms. The van der Waals surface area contributed by atoms with Gasteiger partial charge in [-0.2, -0.15) is 0 Å². The van der Waals surface area contributed by atoms with Crippen molar-refractivity contribution in [3.05, 3.63) is 35.4 Å². The number of halogens is 2. The Morgan fingerprint density at radius 3 is 2.82 bits per heavy atom. The highest BCUT2D eigenvalue weighted by atomic mass is 32.2. The van der Waals surface area contributed by atoms with Crippen LogP contribution in [0.1, 0.15) is 25.0 Å². The Kier molecular flexibility index (Phi) is 5.49. The molecular formula is C14H20F2N2O3S. The molecule has 1 aliphatic heterocycles. The molecule has 0 radical (unpaired) electrons. The van der Waals surface area contributed by atoms with Crippen LogP contribution in [0.15, 0.2) is 18.2 Å². The van der Waals surface area contributed by atoms with Gasteiger partial charge in [-0.25, -0.2) is 21.9 Å². The van der Waals surface area contributed by atoms with Gasteiger partial charge in [0.15, 0.2) is 0 Å². The average Bonchev–Trinajstić information content (AvgIpc) is 2.87. The maximum absolute atomic E-state index is 13.6. The Morgan fingerprint density at radius 1 is 1.45 bits per heavy atom. The number of aliphatic hydroxyl groups excluding tert-OH is 1. The number of hydrogen-bond acceptors (Lipinski definition) is 4. The lowest BCUT2D eigenvalue weighted by molar-refractivity contribution is 0.123. The summed E-state index contributed by atoms with van der Waals surface area (Å²) in [5.41, 5.74) is 0.0133. The number of sulfonamides is 1. The highest BCUT2D eigenvalue weighted by Gasteiger charge is 2.33. The molecule has 0 spiro atoms. The van der Waals surface area contributed by atoms with Crippen molar-refractivity contribution >= 4 is 10.0 Å². The number of aliphatic hydroxyl groups is 1. The second kappa shape index (κ2) is 6.99. The van der Waals surface area contributed by atoms with Gasteiger partial charge in [0.05, 0.1) is 11.4 Å². The molecule has 1 aliphatic rings. The molecule has 2 unspecified atom stereocenters. The fourth-order valence-electron chi connectivity index (χ4n) is 2.65. The van der Waals surface area contributed by atoms with Gasteiger partial charge in [0, 0.05) is 31.3 Å². The summed E-state index contributed by atoms with van der Waals surface area (Å²) in [5, 5.41) is 9.55. The van der Waals surface area contributed by atoms with Crippen molar-refractivity contribution in [2.24, 2.45) is 0 Å². The highest BCUT2D eigenvalue weighted by molar-refractivity contribution is 7.90. The standard InChI is InChI=1S/C14H20F2N2O3S/c1-2-17-22(20,21)11-5-6-18(8-11)9-14(19)12-4-3-10(15)7-13(12)16/h3-4,7,11,14,17,19H,2,5-6,8-9H2,1H3. The lowest BCUT2D eigenvalue weighted by Crippen LogP contribution is -2.37. The van der Waals surface area contributed by atoms with Gasteiger partial charge in [0.25, 0.3) is 0 Å². The second-order valence-electron chi connectivity index (χ2n) is 5.39. The van der Waals surface area contributed by atoms with Crippen LogP contribution >= 0.6 is 0 Å². The first-order valence-corrected chi connectivity index (χ1v) is 8.72. The van der Waals surface area contributed by atoms with Crippen molar-refractivity contribution in [2.45, 2.75) is 24.7 Å². The van der Waals surface area contributed by atoms with Gasteiger partial charge in [0.1, 0.15) is 11.6 Å². The molecule has 22 heavy (non-hydrogen) atoms. The van der Waals surface area contributed by atoms with Crippen molar-refractivity contribution in [3.8, 4) is 0 Å². The van der Waals surface area contributed by atoms with Gasteiger partial charge in [-0.1, -0.05) is 13.0 Å². The van der Waals surface area contributed by atoms with Crippen LogP contribution in [0.3, 0.4) is 0 Å². The van der Waals surface area contributed by atoms with E-state index in [9.17, 15) is 22.3 Å². The summed E-state index contributed by atoms with van der Waals surface area (Å²) in [6.07, 6.45) is -0.658. The molecule has 1 fully saturated rings. The number of likely N-dealkylation sites (tertiary alicyclic amines) is 1. The quantitative estimate of drug-likeness (QED) is 0.815. The van der Waals surface area contributed by atoms with E-state index in [1.165, 1.54) is 6.07 Å². The lowest BCUT2D eigenvalue weighted by Gasteiger charge is -2.20. The number of benzene rings is 1. The first-order valence-electron chi connectivity index (χ1n) is 7.17. The number of hydrogen-bond donors (Lipinski definition) is 2. The lowest BCUT2D eigenvalue weighted by atomic mass is 10.1. The summed E-state index contributed by atoms with van der Waals surface area (Å²) in [6.45, 7) is 2.96. The fourth-order valence-corrected chi connectivity index (χ4v) is 4.11. The van der Waals surface area contributed by atoms with Crippen molar-refractivity contribution < 1.29 is 22.3 Å². The molecule has 0 bridgehead atoms.